The minimum Gasteiger partial charge on any atom is -0.576 e. The average molecular weight is 543 g/mol. The van der Waals surface area contributed by atoms with Gasteiger partial charge in [-0.25, -0.2) is 9.97 Å². The zero-order valence-electron chi connectivity index (χ0n) is 21.4. The van der Waals surface area contributed by atoms with Crippen LogP contribution in [0.25, 0.3) is 42.0 Å². The van der Waals surface area contributed by atoms with Gasteiger partial charge in [-0.05, 0) is 50.2 Å². The third-order valence-corrected chi connectivity index (χ3v) is 9.22. The first kappa shape index (κ1) is 23.9. The van der Waals surface area contributed by atoms with E-state index < -0.39 is 15.1 Å². The molecule has 0 atom stereocenters. The Hall–Kier alpha value is -4.15. The van der Waals surface area contributed by atoms with Crippen LogP contribution < -0.4 is 11.4 Å². The van der Waals surface area contributed by atoms with Gasteiger partial charge >= 0.3 is 15.1 Å². The second-order valence-corrected chi connectivity index (χ2v) is 11.8. The molecule has 3 aromatic heterocycles. The first-order valence-electron chi connectivity index (χ1n) is 12.8. The van der Waals surface area contributed by atoms with E-state index in [9.17, 15) is 0 Å². The molecule has 0 saturated carbocycles. The summed E-state index contributed by atoms with van der Waals surface area (Å²) < 4.78 is 22.2. The smallest absolute Gasteiger partial charge is 0.576 e. The lowest BCUT2D eigenvalue weighted by molar-refractivity contribution is 0.311. The molecule has 7 heteroatoms. The molecule has 0 aliphatic heterocycles. The highest BCUT2D eigenvalue weighted by molar-refractivity contribution is 7.26. The van der Waals surface area contributed by atoms with Crippen molar-refractivity contribution in [1.29, 1.82) is 0 Å². The van der Waals surface area contributed by atoms with Crippen LogP contribution in [0.15, 0.2) is 103 Å². The van der Waals surface area contributed by atoms with Crippen LogP contribution in [0.5, 0.6) is 17.2 Å². The number of hydrogen-bond acceptors (Lipinski definition) is 6. The van der Waals surface area contributed by atoms with Crippen LogP contribution in [-0.2, 0) is 0 Å². The van der Waals surface area contributed by atoms with Crippen molar-refractivity contribution in [3.8, 4) is 17.2 Å². The van der Waals surface area contributed by atoms with Crippen LogP contribution >= 0.6 is 11.3 Å². The number of aryl methyl sites for hydroxylation is 2. The molecule has 0 saturated heterocycles. The second-order valence-electron chi connectivity index (χ2n) is 9.43. The summed E-state index contributed by atoms with van der Waals surface area (Å²) in [7, 11) is 0. The Morgan fingerprint density at radius 1 is 0.538 bits per heavy atom. The molecule has 0 bridgehead atoms. The van der Waals surface area contributed by atoms with Gasteiger partial charge in [-0.15, -0.1) is 11.3 Å². The van der Waals surface area contributed by atoms with E-state index in [0.717, 1.165) is 49.0 Å². The van der Waals surface area contributed by atoms with Crippen LogP contribution in [0.1, 0.15) is 11.4 Å². The largest absolute Gasteiger partial charge is 1.20 e. The van der Waals surface area contributed by atoms with Gasteiger partial charge in [0.2, 0.25) is 0 Å². The topological polar surface area (TPSA) is 53.5 Å². The van der Waals surface area contributed by atoms with E-state index in [4.69, 9.17) is 21.3 Å². The molecule has 3 heterocycles. The van der Waals surface area contributed by atoms with Crippen molar-refractivity contribution in [3.63, 3.8) is 0 Å². The Kier molecular flexibility index (Phi) is 6.05. The number of para-hydroxylation sites is 2. The molecule has 7 aromatic rings. The zero-order chi connectivity index (χ0) is 26.3. The number of nitrogens with zero attached hydrogens (tertiary/aromatic N) is 2. The molecule has 188 valence electrons. The van der Waals surface area contributed by atoms with Gasteiger partial charge in [0.15, 0.2) is 0 Å². The Balaban J connectivity index is 1.34. The lowest BCUT2D eigenvalue weighted by Crippen LogP contribution is -2.37. The predicted octanol–water partition coefficient (Wildman–Crippen LogP) is 8.29. The fraction of sp³-hybridized carbons (Fsp3) is 0.0625. The Labute approximate surface area is 234 Å². The maximum atomic E-state index is 6.67. The molecule has 7 rings (SSSR count). The summed E-state index contributed by atoms with van der Waals surface area (Å²) in [5.74, 6) is 2.03. The van der Waals surface area contributed by atoms with Crippen molar-refractivity contribution < 1.29 is 11.4 Å². The summed E-state index contributed by atoms with van der Waals surface area (Å²) >= 11 is -1.17. The van der Waals surface area contributed by atoms with E-state index in [1.807, 2.05) is 74.5 Å². The van der Waals surface area contributed by atoms with Crippen molar-refractivity contribution in [3.05, 3.63) is 115 Å². The van der Waals surface area contributed by atoms with Crippen LogP contribution in [0.4, 0.5) is 0 Å². The van der Waals surface area contributed by atoms with Gasteiger partial charge in [0.1, 0.15) is 28.3 Å². The molecule has 0 aliphatic carbocycles. The van der Waals surface area contributed by atoms with Crippen molar-refractivity contribution in [2.45, 2.75) is 13.8 Å². The number of pyridine rings is 2. The number of thiophene rings is 1. The summed E-state index contributed by atoms with van der Waals surface area (Å²) in [5, 5.41) is 4.37. The third kappa shape index (κ3) is 4.55. The summed E-state index contributed by atoms with van der Waals surface area (Å²) in [4.78, 5) is 9.52. The number of benzene rings is 4. The minimum absolute atomic E-state index is 0.640. The van der Waals surface area contributed by atoms with E-state index >= 15 is 0 Å². The van der Waals surface area contributed by atoms with Gasteiger partial charge in [-0.3, -0.25) is 0 Å². The van der Waals surface area contributed by atoms with Crippen LogP contribution in [-0.4, -0.2) is 25.1 Å². The van der Waals surface area contributed by atoms with E-state index in [0.29, 0.717) is 11.5 Å². The number of rotatable bonds is 6. The Bertz CT molecular complexity index is 1920. The van der Waals surface area contributed by atoms with Gasteiger partial charge in [-0.1, -0.05) is 66.7 Å². The van der Waals surface area contributed by atoms with Crippen molar-refractivity contribution in [1.82, 2.24) is 9.97 Å². The van der Waals surface area contributed by atoms with Gasteiger partial charge in [-0.2, -0.15) is 0 Å². The second kappa shape index (κ2) is 9.87. The normalized spacial score (nSPS) is 11.3. The first-order valence-corrected chi connectivity index (χ1v) is 15.0. The lowest BCUT2D eigenvalue weighted by atomic mass is 10.1. The van der Waals surface area contributed by atoms with Crippen LogP contribution in [0.2, 0.25) is 0 Å². The number of aromatic nitrogens is 2. The fourth-order valence-corrected chi connectivity index (χ4v) is 7.41. The molecule has 0 unspecified atom stereocenters. The monoisotopic (exact) mass is 542 g/mol. The van der Waals surface area contributed by atoms with E-state index in [1.54, 1.807) is 11.3 Å². The highest BCUT2D eigenvalue weighted by Crippen LogP contribution is 2.39. The molecule has 0 radical (unpaired) electrons. The summed E-state index contributed by atoms with van der Waals surface area (Å²) in [5.41, 5.74) is 3.41. The van der Waals surface area contributed by atoms with E-state index in [1.165, 1.54) is 10.1 Å². The Morgan fingerprint density at radius 3 is 1.74 bits per heavy atom. The summed E-state index contributed by atoms with van der Waals surface area (Å²) in [6, 6.07) is 34.5. The maximum absolute atomic E-state index is 6.67. The van der Waals surface area contributed by atoms with Crippen molar-refractivity contribution in [2.75, 3.05) is 0 Å². The molecule has 0 amide bonds. The van der Waals surface area contributed by atoms with Crippen LogP contribution in [0, 0.1) is 13.8 Å². The summed E-state index contributed by atoms with van der Waals surface area (Å²) in [6.07, 6.45) is 0. The van der Waals surface area contributed by atoms with Gasteiger partial charge in [0, 0.05) is 37.6 Å². The summed E-state index contributed by atoms with van der Waals surface area (Å²) in [6.45, 7) is 3.95. The third-order valence-electron chi connectivity index (χ3n) is 6.68. The number of fused-ring (bicyclic) bond motifs is 5. The van der Waals surface area contributed by atoms with Crippen molar-refractivity contribution >= 4 is 68.5 Å². The molecule has 39 heavy (non-hydrogen) atoms. The van der Waals surface area contributed by atoms with Gasteiger partial charge in [0.25, 0.3) is 0 Å². The fourth-order valence-electron chi connectivity index (χ4n) is 4.82. The Morgan fingerprint density at radius 2 is 1.08 bits per heavy atom. The first-order chi connectivity index (χ1) is 19.1. The van der Waals surface area contributed by atoms with E-state index in [-0.39, 0.29) is 0 Å². The molecule has 4 aromatic carbocycles. The minimum atomic E-state index is -2.89. The molecular weight excluding hydrogens is 519 g/mol. The molecular formula is C32H23AlN2O3S. The SMILES string of the molecule is Cc1ccc2cccc([O][Al]([O]c3cccc4ccc(C)nc34)[O]c3cccc4c3sc3ccccc34)c2n1. The molecule has 0 fully saturated rings. The zero-order valence-corrected chi connectivity index (χ0v) is 23.4. The average Bonchev–Trinajstić information content (AvgIpc) is 3.33. The highest BCUT2D eigenvalue weighted by atomic mass is 32.1. The van der Waals surface area contributed by atoms with Crippen molar-refractivity contribution in [2.24, 2.45) is 0 Å². The van der Waals surface area contributed by atoms with Gasteiger partial charge in [0.05, 0.1) is 4.70 Å². The van der Waals surface area contributed by atoms with Crippen LogP contribution in [0.3, 0.4) is 0 Å². The number of hydrogen-bond donors (Lipinski definition) is 0. The molecule has 0 spiro atoms. The van der Waals surface area contributed by atoms with E-state index in [2.05, 4.69) is 42.5 Å². The molecule has 0 N–H and O–H groups in total. The molecule has 5 nitrogen and oxygen atoms in total. The molecule has 0 aliphatic rings. The standard InChI is InChI=1S/C12H8OS.2C10H9NO.Al/c13-10-6-3-5-9-8-4-1-2-7-11(8)14-12(9)10;2*1-7-5-6-8-3-2-4-9(12)10(8)11-7;/h1-7,13H;2*2-6,12H,1H3;/q;;;+3/p-3. The van der Waals surface area contributed by atoms with Gasteiger partial charge < -0.3 is 11.4 Å². The highest BCUT2D eigenvalue weighted by Gasteiger charge is 2.46. The maximum Gasteiger partial charge on any atom is 1.20 e. The predicted molar refractivity (Wildman–Crippen MR) is 160 cm³/mol. The lowest BCUT2D eigenvalue weighted by Gasteiger charge is -2.18. The quantitative estimate of drug-likeness (QED) is 0.198.